The Morgan fingerprint density at radius 2 is 2.22 bits per heavy atom. The van der Waals surface area contributed by atoms with Gasteiger partial charge in [0.1, 0.15) is 0 Å². The van der Waals surface area contributed by atoms with E-state index in [2.05, 4.69) is 0 Å². The zero-order valence-corrected chi connectivity index (χ0v) is 7.62. The fourth-order valence-corrected chi connectivity index (χ4v) is 0.270. The predicted octanol–water partition coefficient (Wildman–Crippen LogP) is -0.578. The van der Waals surface area contributed by atoms with Crippen LogP contribution in [0.3, 0.4) is 0 Å². The summed E-state index contributed by atoms with van der Waals surface area (Å²) in [5, 5.41) is 15.1. The number of nitrogens with zero attached hydrogens (tertiary/aromatic N) is 1. The lowest BCUT2D eigenvalue weighted by Gasteiger charge is -2.13. The first-order valence-corrected chi connectivity index (χ1v) is 2.34. The topological polar surface area (TPSA) is 73.3 Å². The van der Waals surface area contributed by atoms with Crippen LogP contribution in [0.15, 0.2) is 0 Å². The van der Waals surface area contributed by atoms with Gasteiger partial charge in [-0.25, -0.2) is 0 Å². The molecule has 4 nitrogen and oxygen atoms in total. The molecule has 0 saturated heterocycles. The summed E-state index contributed by atoms with van der Waals surface area (Å²) >= 11 is 0. The van der Waals surface area contributed by atoms with Crippen molar-refractivity contribution in [2.45, 2.75) is 0 Å². The largest absolute Gasteiger partial charge is 0.395 e. The van der Waals surface area contributed by atoms with Gasteiger partial charge in [0.25, 0.3) is 0 Å². The molecule has 0 aromatic carbocycles. The first kappa shape index (κ1) is 11.7. The molecule has 0 fully saturated rings. The van der Waals surface area contributed by atoms with Gasteiger partial charge in [0, 0.05) is 13.6 Å². The normalized spacial score (nSPS) is 7.78. The molecule has 0 rings (SSSR count). The van der Waals surface area contributed by atoms with E-state index in [1.807, 2.05) is 0 Å². The van der Waals surface area contributed by atoms with Crippen molar-refractivity contribution in [3.05, 3.63) is 0 Å². The van der Waals surface area contributed by atoms with Crippen molar-refractivity contribution >= 4 is 29.9 Å². The maximum Gasteiger partial charge on any atom is 0.188 e. The van der Waals surface area contributed by atoms with E-state index in [1.54, 1.807) is 7.05 Å². The second-order valence-corrected chi connectivity index (χ2v) is 1.53. The molecular weight excluding hydrogens is 233 g/mol. The molecule has 5 heteroatoms. The molecule has 0 aromatic heterocycles. The molecule has 0 atom stereocenters. The van der Waals surface area contributed by atoms with Crippen molar-refractivity contribution in [2.75, 3.05) is 20.2 Å². The van der Waals surface area contributed by atoms with Crippen LogP contribution in [-0.4, -0.2) is 36.2 Å². The molecule has 0 amide bonds. The molecule has 0 spiro atoms. The average Bonchev–Trinajstić information content (AvgIpc) is 1.67. The minimum atomic E-state index is -0.0148. The van der Waals surface area contributed by atoms with Gasteiger partial charge in [-0.05, 0) is 0 Å². The number of rotatable bonds is 2. The van der Waals surface area contributed by atoms with Crippen LogP contribution >= 0.6 is 24.0 Å². The zero-order valence-electron chi connectivity index (χ0n) is 5.29. The number of hydrogen-bond donors (Lipinski definition) is 3. The van der Waals surface area contributed by atoms with Crippen LogP contribution in [-0.2, 0) is 0 Å². The molecule has 56 valence electrons. The maximum atomic E-state index is 8.29. The zero-order chi connectivity index (χ0) is 6.57. The van der Waals surface area contributed by atoms with Crippen LogP contribution in [0.25, 0.3) is 0 Å². The Hall–Kier alpha value is -0.0400. The minimum Gasteiger partial charge on any atom is -0.395 e. The van der Waals surface area contributed by atoms with E-state index in [0.717, 1.165) is 0 Å². The fraction of sp³-hybridized carbons (Fsp3) is 0.750. The number of guanidine groups is 1. The Labute approximate surface area is 71.6 Å². The first-order chi connectivity index (χ1) is 3.68. The van der Waals surface area contributed by atoms with E-state index in [0.29, 0.717) is 6.54 Å². The molecule has 0 bridgehead atoms. The van der Waals surface area contributed by atoms with Gasteiger partial charge in [0.2, 0.25) is 0 Å². The lowest BCUT2D eigenvalue weighted by atomic mass is 10.6. The van der Waals surface area contributed by atoms with Crippen LogP contribution in [0.1, 0.15) is 0 Å². The third-order valence-electron chi connectivity index (χ3n) is 0.847. The van der Waals surface area contributed by atoms with E-state index in [9.17, 15) is 0 Å². The molecule has 0 aliphatic carbocycles. The van der Waals surface area contributed by atoms with E-state index in [4.69, 9.17) is 16.2 Å². The number of aliphatic hydroxyl groups excluding tert-OH is 1. The molecule has 4 N–H and O–H groups in total. The smallest absolute Gasteiger partial charge is 0.188 e. The van der Waals surface area contributed by atoms with Gasteiger partial charge in [-0.15, -0.1) is 24.0 Å². The van der Waals surface area contributed by atoms with Crippen molar-refractivity contribution < 1.29 is 5.11 Å². The SMILES string of the molecule is CN(CCO)C(=N)N.I. The van der Waals surface area contributed by atoms with Gasteiger partial charge in [-0.2, -0.15) is 0 Å². The van der Waals surface area contributed by atoms with Crippen LogP contribution in [0.4, 0.5) is 0 Å². The van der Waals surface area contributed by atoms with Gasteiger partial charge >= 0.3 is 0 Å². The van der Waals surface area contributed by atoms with Crippen LogP contribution in [0.5, 0.6) is 0 Å². The van der Waals surface area contributed by atoms with Gasteiger partial charge < -0.3 is 15.7 Å². The number of aliphatic hydroxyl groups is 1. The predicted molar refractivity (Wildman–Crippen MR) is 47.0 cm³/mol. The van der Waals surface area contributed by atoms with E-state index < -0.39 is 0 Å². The van der Waals surface area contributed by atoms with E-state index in [-0.39, 0.29) is 36.5 Å². The molecular formula is C4H12IN3O. The Bertz CT molecular complexity index is 87.9. The summed E-state index contributed by atoms with van der Waals surface area (Å²) in [7, 11) is 1.65. The minimum absolute atomic E-state index is 0. The molecule has 0 saturated carbocycles. The van der Waals surface area contributed by atoms with E-state index in [1.165, 1.54) is 4.90 Å². The van der Waals surface area contributed by atoms with Crippen molar-refractivity contribution in [2.24, 2.45) is 5.73 Å². The van der Waals surface area contributed by atoms with Gasteiger partial charge in [-0.1, -0.05) is 0 Å². The molecule has 0 unspecified atom stereocenters. The van der Waals surface area contributed by atoms with Crippen molar-refractivity contribution in [3.8, 4) is 0 Å². The number of nitrogens with one attached hydrogen (secondary N) is 1. The lowest BCUT2D eigenvalue weighted by molar-refractivity contribution is 0.262. The number of nitrogens with two attached hydrogens (primary N) is 1. The highest BCUT2D eigenvalue weighted by Gasteiger charge is 1.94. The summed E-state index contributed by atoms with van der Waals surface area (Å²) in [5.41, 5.74) is 5.02. The second-order valence-electron chi connectivity index (χ2n) is 1.53. The van der Waals surface area contributed by atoms with E-state index >= 15 is 0 Å². The average molecular weight is 245 g/mol. The van der Waals surface area contributed by atoms with Crippen LogP contribution in [0.2, 0.25) is 0 Å². The monoisotopic (exact) mass is 245 g/mol. The molecule has 0 aromatic rings. The Kier molecular flexibility index (Phi) is 7.92. The van der Waals surface area contributed by atoms with Gasteiger partial charge in [-0.3, -0.25) is 5.41 Å². The van der Waals surface area contributed by atoms with Crippen molar-refractivity contribution in [1.82, 2.24) is 4.90 Å². The van der Waals surface area contributed by atoms with Crippen molar-refractivity contribution in [1.29, 1.82) is 5.41 Å². The standard InChI is InChI=1S/C4H11N3O.HI/c1-7(2-3-8)4(5)6;/h8H,2-3H2,1H3,(H3,5,6);1H. The number of hydrogen-bond acceptors (Lipinski definition) is 2. The number of likely N-dealkylation sites (N-methyl/N-ethyl adjacent to an activating group) is 1. The summed E-state index contributed by atoms with van der Waals surface area (Å²) in [6.07, 6.45) is 0. The highest BCUT2D eigenvalue weighted by Crippen LogP contribution is 1.74. The maximum absolute atomic E-state index is 8.29. The molecule has 0 aliphatic rings. The van der Waals surface area contributed by atoms with Gasteiger partial charge in [0.15, 0.2) is 5.96 Å². The highest BCUT2D eigenvalue weighted by molar-refractivity contribution is 14.0. The van der Waals surface area contributed by atoms with Crippen LogP contribution < -0.4 is 5.73 Å². The Morgan fingerprint density at radius 1 is 1.78 bits per heavy atom. The summed E-state index contributed by atoms with van der Waals surface area (Å²) in [6, 6.07) is 0. The molecule has 0 aliphatic heterocycles. The summed E-state index contributed by atoms with van der Waals surface area (Å²) in [5.74, 6) is -0.0148. The lowest BCUT2D eigenvalue weighted by Crippen LogP contribution is -2.34. The fourth-order valence-electron chi connectivity index (χ4n) is 0.270. The summed E-state index contributed by atoms with van der Waals surface area (Å²) in [6.45, 7) is 0.464. The number of halogens is 1. The third-order valence-corrected chi connectivity index (χ3v) is 0.847. The molecule has 0 heterocycles. The van der Waals surface area contributed by atoms with Crippen LogP contribution in [0, 0.1) is 5.41 Å². The Balaban J connectivity index is 0. The molecule has 0 radical (unpaired) electrons. The molecule has 9 heavy (non-hydrogen) atoms. The van der Waals surface area contributed by atoms with Gasteiger partial charge in [0.05, 0.1) is 6.61 Å². The third kappa shape index (κ3) is 5.84. The highest BCUT2D eigenvalue weighted by atomic mass is 127. The second kappa shape index (κ2) is 6.09. The summed E-state index contributed by atoms with van der Waals surface area (Å²) in [4.78, 5) is 1.46. The first-order valence-electron chi connectivity index (χ1n) is 2.34. The summed E-state index contributed by atoms with van der Waals surface area (Å²) < 4.78 is 0. The van der Waals surface area contributed by atoms with Crippen molar-refractivity contribution in [3.63, 3.8) is 0 Å². The Morgan fingerprint density at radius 3 is 2.33 bits per heavy atom. The quantitative estimate of drug-likeness (QED) is 0.346.